The van der Waals surface area contributed by atoms with Crippen LogP contribution in [0.25, 0.3) is 0 Å². The van der Waals surface area contributed by atoms with Gasteiger partial charge in [0.15, 0.2) is 0 Å². The number of hydrogen-bond acceptors (Lipinski definition) is 4. The Morgan fingerprint density at radius 2 is 2.33 bits per heavy atom. The highest BCUT2D eigenvalue weighted by molar-refractivity contribution is 7.09. The fourth-order valence-electron chi connectivity index (χ4n) is 2.69. The first-order valence-corrected chi connectivity index (χ1v) is 8.09. The number of carbonyl (C=O) groups excluding carboxylic acids is 1. The van der Waals surface area contributed by atoms with Gasteiger partial charge in [-0.25, -0.2) is 4.98 Å². The van der Waals surface area contributed by atoms with Crippen molar-refractivity contribution in [3.63, 3.8) is 0 Å². The van der Waals surface area contributed by atoms with Crippen LogP contribution in [0, 0.1) is 6.92 Å². The molecule has 4 nitrogen and oxygen atoms in total. The Labute approximate surface area is 128 Å². The van der Waals surface area contributed by atoms with Crippen LogP contribution in [0.3, 0.4) is 0 Å². The summed E-state index contributed by atoms with van der Waals surface area (Å²) in [6.07, 6.45) is 0.790. The van der Waals surface area contributed by atoms with Crippen molar-refractivity contribution in [3.8, 4) is 0 Å². The van der Waals surface area contributed by atoms with Crippen LogP contribution in [0.2, 0.25) is 0 Å². The van der Waals surface area contributed by atoms with E-state index in [1.807, 2.05) is 19.1 Å². The zero-order chi connectivity index (χ0) is 14.7. The number of aromatic nitrogens is 1. The summed E-state index contributed by atoms with van der Waals surface area (Å²) >= 11 is 1.65. The molecule has 1 atom stereocenters. The summed E-state index contributed by atoms with van der Waals surface area (Å²) < 4.78 is 0. The number of fused-ring (bicyclic) bond motifs is 1. The quantitative estimate of drug-likeness (QED) is 0.908. The fourth-order valence-corrected chi connectivity index (χ4v) is 3.34. The largest absolute Gasteiger partial charge is 0.355 e. The molecule has 5 heteroatoms. The Morgan fingerprint density at radius 3 is 3.14 bits per heavy atom. The van der Waals surface area contributed by atoms with Gasteiger partial charge in [-0.15, -0.1) is 11.3 Å². The lowest BCUT2D eigenvalue weighted by Gasteiger charge is -2.25. The topological polar surface area (TPSA) is 54.0 Å². The number of hydrogen-bond donors (Lipinski definition) is 2. The molecular formula is C16H19N3OS. The van der Waals surface area contributed by atoms with E-state index in [1.165, 1.54) is 5.56 Å². The van der Waals surface area contributed by atoms with Gasteiger partial charge in [-0.2, -0.15) is 0 Å². The summed E-state index contributed by atoms with van der Waals surface area (Å²) in [5.74, 6) is 0.00808. The first-order valence-electron chi connectivity index (χ1n) is 7.21. The van der Waals surface area contributed by atoms with Crippen molar-refractivity contribution in [3.05, 3.63) is 51.5 Å². The Hall–Kier alpha value is -1.72. The van der Waals surface area contributed by atoms with Crippen molar-refractivity contribution in [1.82, 2.24) is 15.6 Å². The Bertz CT molecular complexity index is 638. The van der Waals surface area contributed by atoms with Gasteiger partial charge in [0.1, 0.15) is 0 Å². The molecule has 2 heterocycles. The molecule has 1 aliphatic rings. The van der Waals surface area contributed by atoms with Crippen molar-refractivity contribution < 1.29 is 4.79 Å². The van der Waals surface area contributed by atoms with E-state index in [1.54, 1.807) is 11.3 Å². The molecule has 0 fully saturated rings. The molecular weight excluding hydrogens is 282 g/mol. The van der Waals surface area contributed by atoms with E-state index >= 15 is 0 Å². The third kappa shape index (κ3) is 3.31. The third-order valence-electron chi connectivity index (χ3n) is 3.76. The average molecular weight is 301 g/mol. The summed E-state index contributed by atoms with van der Waals surface area (Å²) in [7, 11) is 0. The van der Waals surface area contributed by atoms with Gasteiger partial charge in [0.05, 0.1) is 16.6 Å². The minimum absolute atomic E-state index is 0.0906. The number of rotatable bonds is 4. The monoisotopic (exact) mass is 301 g/mol. The van der Waals surface area contributed by atoms with E-state index in [9.17, 15) is 4.79 Å². The third-order valence-corrected chi connectivity index (χ3v) is 4.58. The van der Waals surface area contributed by atoms with Crippen LogP contribution in [-0.2, 0) is 17.8 Å². The maximum Gasteiger partial charge on any atom is 0.228 e. The second-order valence-corrected chi connectivity index (χ2v) is 6.34. The van der Waals surface area contributed by atoms with Gasteiger partial charge in [-0.3, -0.25) is 4.79 Å². The van der Waals surface area contributed by atoms with Crippen molar-refractivity contribution >= 4 is 17.2 Å². The predicted molar refractivity (Wildman–Crippen MR) is 84.5 cm³/mol. The van der Waals surface area contributed by atoms with Gasteiger partial charge < -0.3 is 10.6 Å². The second-order valence-electron chi connectivity index (χ2n) is 5.28. The average Bonchev–Trinajstić information content (AvgIpc) is 2.92. The van der Waals surface area contributed by atoms with Gasteiger partial charge in [0.2, 0.25) is 5.91 Å². The SMILES string of the molecule is Cc1nc(CCNC(=O)C2CNCc3ccccc32)cs1. The van der Waals surface area contributed by atoms with Gasteiger partial charge in [-0.05, 0) is 18.1 Å². The van der Waals surface area contributed by atoms with Crippen molar-refractivity contribution in [2.75, 3.05) is 13.1 Å². The molecule has 110 valence electrons. The van der Waals surface area contributed by atoms with Crippen LogP contribution in [-0.4, -0.2) is 24.0 Å². The molecule has 2 aromatic rings. The minimum atomic E-state index is -0.0906. The van der Waals surface area contributed by atoms with Gasteiger partial charge in [-0.1, -0.05) is 24.3 Å². The number of aryl methyl sites for hydroxylation is 1. The van der Waals surface area contributed by atoms with Crippen LogP contribution in [0.1, 0.15) is 27.7 Å². The molecule has 1 aliphatic heterocycles. The van der Waals surface area contributed by atoms with E-state index < -0.39 is 0 Å². The molecule has 0 radical (unpaired) electrons. The summed E-state index contributed by atoms with van der Waals surface area (Å²) in [5.41, 5.74) is 3.43. The van der Waals surface area contributed by atoms with Gasteiger partial charge in [0, 0.05) is 31.4 Å². The number of thiazole rings is 1. The Kier molecular flexibility index (Phi) is 4.31. The predicted octanol–water partition coefficient (Wildman–Crippen LogP) is 2.00. The van der Waals surface area contributed by atoms with Crippen LogP contribution in [0.5, 0.6) is 0 Å². The van der Waals surface area contributed by atoms with Crippen molar-refractivity contribution in [2.24, 2.45) is 0 Å². The number of benzene rings is 1. The van der Waals surface area contributed by atoms with Crippen molar-refractivity contribution in [1.29, 1.82) is 0 Å². The number of nitrogens with one attached hydrogen (secondary N) is 2. The van der Waals surface area contributed by atoms with E-state index in [0.717, 1.165) is 29.2 Å². The molecule has 0 spiro atoms. The minimum Gasteiger partial charge on any atom is -0.355 e. The summed E-state index contributed by atoms with van der Waals surface area (Å²) in [5, 5.41) is 9.47. The summed E-state index contributed by atoms with van der Waals surface area (Å²) in [6.45, 7) is 4.19. The lowest BCUT2D eigenvalue weighted by molar-refractivity contribution is -0.122. The number of carbonyl (C=O) groups is 1. The number of amides is 1. The molecule has 2 N–H and O–H groups in total. The first-order chi connectivity index (χ1) is 10.2. The Morgan fingerprint density at radius 1 is 1.48 bits per heavy atom. The van der Waals surface area contributed by atoms with E-state index in [4.69, 9.17) is 0 Å². The van der Waals surface area contributed by atoms with E-state index in [2.05, 4.69) is 33.1 Å². The molecule has 1 aromatic carbocycles. The first kappa shape index (κ1) is 14.2. The zero-order valence-electron chi connectivity index (χ0n) is 12.1. The molecule has 3 rings (SSSR count). The lowest BCUT2D eigenvalue weighted by Crippen LogP contribution is -2.39. The van der Waals surface area contributed by atoms with Crippen LogP contribution >= 0.6 is 11.3 Å². The normalized spacial score (nSPS) is 17.3. The van der Waals surface area contributed by atoms with Gasteiger partial charge in [0.25, 0.3) is 0 Å². The van der Waals surface area contributed by atoms with Crippen molar-refractivity contribution in [2.45, 2.75) is 25.8 Å². The highest BCUT2D eigenvalue weighted by atomic mass is 32.1. The molecule has 1 aromatic heterocycles. The highest BCUT2D eigenvalue weighted by Gasteiger charge is 2.25. The maximum absolute atomic E-state index is 12.4. The van der Waals surface area contributed by atoms with E-state index in [0.29, 0.717) is 13.1 Å². The van der Waals surface area contributed by atoms with Crippen LogP contribution in [0.15, 0.2) is 29.6 Å². The molecule has 1 amide bonds. The summed E-state index contributed by atoms with van der Waals surface area (Å²) in [4.78, 5) is 16.8. The second kappa shape index (κ2) is 6.37. The molecule has 0 bridgehead atoms. The smallest absolute Gasteiger partial charge is 0.228 e. The molecule has 0 aliphatic carbocycles. The Balaban J connectivity index is 1.59. The maximum atomic E-state index is 12.4. The molecule has 0 saturated heterocycles. The van der Waals surface area contributed by atoms with Crippen LogP contribution < -0.4 is 10.6 Å². The van der Waals surface area contributed by atoms with E-state index in [-0.39, 0.29) is 11.8 Å². The zero-order valence-corrected chi connectivity index (χ0v) is 12.9. The van der Waals surface area contributed by atoms with Gasteiger partial charge >= 0.3 is 0 Å². The molecule has 21 heavy (non-hydrogen) atoms. The summed E-state index contributed by atoms with van der Waals surface area (Å²) in [6, 6.07) is 8.16. The highest BCUT2D eigenvalue weighted by Crippen LogP contribution is 2.23. The molecule has 0 saturated carbocycles. The lowest BCUT2D eigenvalue weighted by atomic mass is 9.90. The number of nitrogens with zero attached hydrogens (tertiary/aromatic N) is 1. The van der Waals surface area contributed by atoms with Crippen LogP contribution in [0.4, 0.5) is 0 Å². The standard InChI is InChI=1S/C16H19N3OS/c1-11-19-13(10-21-11)6-7-18-16(20)15-9-17-8-12-4-2-3-5-14(12)15/h2-5,10,15,17H,6-9H2,1H3,(H,18,20). The fraction of sp³-hybridized carbons (Fsp3) is 0.375. The molecule has 1 unspecified atom stereocenters.